The highest BCUT2D eigenvalue weighted by atomic mass is 79.9. The van der Waals surface area contributed by atoms with Gasteiger partial charge in [0.1, 0.15) is 0 Å². The van der Waals surface area contributed by atoms with Gasteiger partial charge in [-0.15, -0.1) is 0 Å². The SMILES string of the molecule is CCCN(C(C)C)S(=O)(=O)c1cc(C(=O)O)cc(C)c1Br. The third-order valence-corrected chi connectivity index (χ3v) is 6.49. The van der Waals surface area contributed by atoms with E-state index < -0.39 is 16.0 Å². The summed E-state index contributed by atoms with van der Waals surface area (Å²) in [6.07, 6.45) is 0.687. The molecule has 0 spiro atoms. The van der Waals surface area contributed by atoms with Crippen LogP contribution in [0, 0.1) is 6.92 Å². The molecule has 21 heavy (non-hydrogen) atoms. The Balaban J connectivity index is 3.53. The average Bonchev–Trinajstić information content (AvgIpc) is 2.37. The number of benzene rings is 1. The van der Waals surface area contributed by atoms with Crippen molar-refractivity contribution in [1.82, 2.24) is 4.31 Å². The molecule has 118 valence electrons. The maximum absolute atomic E-state index is 12.8. The second kappa shape index (κ2) is 6.89. The summed E-state index contributed by atoms with van der Waals surface area (Å²) in [7, 11) is -3.75. The Kier molecular flexibility index (Phi) is 5.95. The Morgan fingerprint density at radius 3 is 2.38 bits per heavy atom. The van der Waals surface area contributed by atoms with Crippen LogP contribution in [0.15, 0.2) is 21.5 Å². The molecule has 0 saturated carbocycles. The Morgan fingerprint density at radius 1 is 1.38 bits per heavy atom. The van der Waals surface area contributed by atoms with Gasteiger partial charge in [0.05, 0.1) is 10.5 Å². The largest absolute Gasteiger partial charge is 0.478 e. The molecule has 0 amide bonds. The van der Waals surface area contributed by atoms with Crippen molar-refractivity contribution in [2.24, 2.45) is 0 Å². The highest BCUT2D eigenvalue weighted by Crippen LogP contribution is 2.30. The summed E-state index contributed by atoms with van der Waals surface area (Å²) < 4.78 is 27.4. The first-order valence-electron chi connectivity index (χ1n) is 6.68. The number of hydrogen-bond acceptors (Lipinski definition) is 3. The lowest BCUT2D eigenvalue weighted by molar-refractivity contribution is 0.0696. The van der Waals surface area contributed by atoms with E-state index in [1.807, 2.05) is 6.92 Å². The van der Waals surface area contributed by atoms with Gasteiger partial charge in [0, 0.05) is 17.1 Å². The highest BCUT2D eigenvalue weighted by Gasteiger charge is 2.29. The van der Waals surface area contributed by atoms with Crippen LogP contribution in [0.4, 0.5) is 0 Å². The lowest BCUT2D eigenvalue weighted by Gasteiger charge is -2.26. The van der Waals surface area contributed by atoms with Gasteiger partial charge < -0.3 is 5.11 Å². The van der Waals surface area contributed by atoms with E-state index >= 15 is 0 Å². The molecule has 1 aromatic carbocycles. The van der Waals surface area contributed by atoms with Crippen LogP contribution in [0.5, 0.6) is 0 Å². The van der Waals surface area contributed by atoms with Crippen molar-refractivity contribution in [2.45, 2.75) is 45.1 Å². The fourth-order valence-electron chi connectivity index (χ4n) is 2.05. The number of nitrogens with zero attached hydrogens (tertiary/aromatic N) is 1. The molecule has 0 bridgehead atoms. The van der Waals surface area contributed by atoms with Crippen LogP contribution < -0.4 is 0 Å². The van der Waals surface area contributed by atoms with Crippen molar-refractivity contribution in [3.05, 3.63) is 27.7 Å². The van der Waals surface area contributed by atoms with Crippen molar-refractivity contribution in [2.75, 3.05) is 6.54 Å². The number of carbonyl (C=O) groups is 1. The minimum absolute atomic E-state index is 0.00190. The molecule has 0 aliphatic carbocycles. The third kappa shape index (κ3) is 3.84. The van der Waals surface area contributed by atoms with Gasteiger partial charge in [0.25, 0.3) is 0 Å². The summed E-state index contributed by atoms with van der Waals surface area (Å²) in [6, 6.07) is 2.46. The van der Waals surface area contributed by atoms with E-state index in [1.165, 1.54) is 16.4 Å². The fraction of sp³-hybridized carbons (Fsp3) is 0.500. The number of rotatable bonds is 6. The van der Waals surface area contributed by atoms with Gasteiger partial charge in [-0.25, -0.2) is 13.2 Å². The minimum atomic E-state index is -3.75. The maximum atomic E-state index is 12.8. The van der Waals surface area contributed by atoms with E-state index in [2.05, 4.69) is 15.9 Å². The molecular weight excluding hydrogens is 358 g/mol. The quantitative estimate of drug-likeness (QED) is 0.825. The molecule has 0 heterocycles. The van der Waals surface area contributed by atoms with Crippen LogP contribution in [-0.4, -0.2) is 36.4 Å². The average molecular weight is 378 g/mol. The lowest BCUT2D eigenvalue weighted by atomic mass is 10.1. The molecule has 0 unspecified atom stereocenters. The van der Waals surface area contributed by atoms with Crippen LogP contribution in [0.3, 0.4) is 0 Å². The molecule has 0 radical (unpaired) electrons. The van der Waals surface area contributed by atoms with E-state index in [0.29, 0.717) is 23.0 Å². The first-order chi connectivity index (χ1) is 9.62. The summed E-state index contributed by atoms with van der Waals surface area (Å²) in [5.41, 5.74) is 0.545. The molecule has 1 N–H and O–H groups in total. The summed E-state index contributed by atoms with van der Waals surface area (Å²) >= 11 is 3.27. The summed E-state index contributed by atoms with van der Waals surface area (Å²) in [5, 5.41) is 9.12. The molecule has 0 aliphatic rings. The van der Waals surface area contributed by atoms with Gasteiger partial charge in [-0.05, 0) is 60.8 Å². The number of hydrogen-bond donors (Lipinski definition) is 1. The molecule has 7 heteroatoms. The zero-order valence-electron chi connectivity index (χ0n) is 12.6. The summed E-state index contributed by atoms with van der Waals surface area (Å²) in [4.78, 5) is 11.2. The number of halogens is 1. The van der Waals surface area contributed by atoms with E-state index in [0.717, 1.165) is 0 Å². The Morgan fingerprint density at radius 2 is 1.95 bits per heavy atom. The topological polar surface area (TPSA) is 74.7 Å². The predicted octanol–water partition coefficient (Wildman–Crippen LogP) is 3.26. The van der Waals surface area contributed by atoms with Gasteiger partial charge in [-0.3, -0.25) is 0 Å². The first kappa shape index (κ1) is 18.1. The van der Waals surface area contributed by atoms with Gasteiger partial charge >= 0.3 is 5.97 Å². The van der Waals surface area contributed by atoms with Crippen molar-refractivity contribution in [3.63, 3.8) is 0 Å². The molecule has 5 nitrogen and oxygen atoms in total. The molecule has 0 saturated heterocycles. The van der Waals surface area contributed by atoms with E-state index in [1.54, 1.807) is 20.8 Å². The number of aromatic carboxylic acids is 1. The smallest absolute Gasteiger partial charge is 0.335 e. The second-order valence-electron chi connectivity index (χ2n) is 5.12. The Bertz CT molecular complexity index is 641. The summed E-state index contributed by atoms with van der Waals surface area (Å²) in [6.45, 7) is 7.57. The molecule has 0 atom stereocenters. The second-order valence-corrected chi connectivity index (χ2v) is 7.77. The number of sulfonamides is 1. The van der Waals surface area contributed by atoms with Crippen molar-refractivity contribution >= 4 is 31.9 Å². The van der Waals surface area contributed by atoms with E-state index in [-0.39, 0.29) is 16.5 Å². The predicted molar refractivity (Wildman–Crippen MR) is 85.2 cm³/mol. The monoisotopic (exact) mass is 377 g/mol. The van der Waals surface area contributed by atoms with Crippen molar-refractivity contribution in [1.29, 1.82) is 0 Å². The zero-order valence-corrected chi connectivity index (χ0v) is 15.0. The van der Waals surface area contributed by atoms with Gasteiger partial charge in [-0.1, -0.05) is 6.92 Å². The van der Waals surface area contributed by atoms with E-state index in [4.69, 9.17) is 5.11 Å². The molecular formula is C14H20BrNO4S. The minimum Gasteiger partial charge on any atom is -0.478 e. The molecule has 0 aromatic heterocycles. The van der Waals surface area contributed by atoms with Crippen LogP contribution in [0.25, 0.3) is 0 Å². The van der Waals surface area contributed by atoms with Crippen molar-refractivity contribution in [3.8, 4) is 0 Å². The lowest BCUT2D eigenvalue weighted by Crippen LogP contribution is -2.37. The van der Waals surface area contributed by atoms with Gasteiger partial charge in [0.15, 0.2) is 0 Å². The first-order valence-corrected chi connectivity index (χ1v) is 8.91. The van der Waals surface area contributed by atoms with Crippen LogP contribution >= 0.6 is 15.9 Å². The standard InChI is InChI=1S/C14H20BrNO4S/c1-5-6-16(9(2)3)21(19,20)12-8-11(14(17)18)7-10(4)13(12)15/h7-9H,5-6H2,1-4H3,(H,17,18). The van der Waals surface area contributed by atoms with Crippen LogP contribution in [0.1, 0.15) is 43.1 Å². The van der Waals surface area contributed by atoms with Crippen molar-refractivity contribution < 1.29 is 18.3 Å². The number of carboxylic acid groups (broad SMARTS) is 1. The Hall–Kier alpha value is -0.920. The third-order valence-electron chi connectivity index (χ3n) is 3.07. The molecule has 1 aromatic rings. The van der Waals surface area contributed by atoms with Crippen LogP contribution in [0.2, 0.25) is 0 Å². The molecule has 1 rings (SSSR count). The zero-order chi connectivity index (χ0) is 16.4. The number of carboxylic acids is 1. The Labute approximate surface area is 134 Å². The molecule has 0 fully saturated rings. The highest BCUT2D eigenvalue weighted by molar-refractivity contribution is 9.10. The van der Waals surface area contributed by atoms with Gasteiger partial charge in [-0.2, -0.15) is 4.31 Å². The normalized spacial score (nSPS) is 12.1. The summed E-state index contributed by atoms with van der Waals surface area (Å²) in [5.74, 6) is -1.14. The number of aryl methyl sites for hydroxylation is 1. The molecule has 0 aliphatic heterocycles. The van der Waals surface area contributed by atoms with Crippen LogP contribution in [-0.2, 0) is 10.0 Å². The van der Waals surface area contributed by atoms with E-state index in [9.17, 15) is 13.2 Å². The fourth-order valence-corrected chi connectivity index (χ4v) is 4.79. The maximum Gasteiger partial charge on any atom is 0.335 e. The van der Waals surface area contributed by atoms with Gasteiger partial charge in [0.2, 0.25) is 10.0 Å².